The normalized spacial score (nSPS) is 11.6. The molecule has 144 valence electrons. The van der Waals surface area contributed by atoms with Gasteiger partial charge in [-0.3, -0.25) is 9.59 Å². The highest BCUT2D eigenvalue weighted by molar-refractivity contribution is 6.30. The lowest BCUT2D eigenvalue weighted by atomic mass is 10.1. The van der Waals surface area contributed by atoms with E-state index in [-0.39, 0.29) is 18.4 Å². The molecule has 5 nitrogen and oxygen atoms in total. The topological polar surface area (TPSA) is 58.6 Å². The number of hydrogen-bond donors (Lipinski definition) is 1. The molecule has 0 aliphatic carbocycles. The first-order valence-corrected chi connectivity index (χ1v) is 9.29. The number of benzene rings is 2. The smallest absolute Gasteiger partial charge is 0.261 e. The molecule has 0 saturated carbocycles. The second kappa shape index (κ2) is 9.97. The lowest BCUT2D eigenvalue weighted by Crippen LogP contribution is -2.49. The zero-order valence-electron chi connectivity index (χ0n) is 15.9. The minimum absolute atomic E-state index is 0.156. The monoisotopic (exact) mass is 388 g/mol. The van der Waals surface area contributed by atoms with Crippen LogP contribution in [0.2, 0.25) is 5.02 Å². The number of aryl methyl sites for hydroxylation is 1. The van der Waals surface area contributed by atoms with Crippen LogP contribution in [0.25, 0.3) is 0 Å². The lowest BCUT2D eigenvalue weighted by Gasteiger charge is -2.28. The average Bonchev–Trinajstić information content (AvgIpc) is 2.66. The van der Waals surface area contributed by atoms with Gasteiger partial charge < -0.3 is 15.0 Å². The number of nitrogens with zero attached hydrogens (tertiary/aromatic N) is 1. The molecule has 6 heteroatoms. The van der Waals surface area contributed by atoms with Crippen molar-refractivity contribution in [3.63, 3.8) is 0 Å². The summed E-state index contributed by atoms with van der Waals surface area (Å²) >= 11 is 5.86. The number of rotatable bonds is 8. The van der Waals surface area contributed by atoms with Gasteiger partial charge in [-0.05, 0) is 50.6 Å². The molecule has 1 atom stereocenters. The van der Waals surface area contributed by atoms with E-state index in [0.717, 1.165) is 11.1 Å². The summed E-state index contributed by atoms with van der Waals surface area (Å²) in [5.74, 6) is 0.0995. The molecule has 27 heavy (non-hydrogen) atoms. The van der Waals surface area contributed by atoms with E-state index in [1.54, 1.807) is 31.2 Å². The first-order valence-electron chi connectivity index (χ1n) is 8.91. The van der Waals surface area contributed by atoms with Crippen LogP contribution in [0.3, 0.4) is 0 Å². The molecule has 0 aromatic heterocycles. The van der Waals surface area contributed by atoms with Crippen LogP contribution in [0.5, 0.6) is 5.75 Å². The fourth-order valence-electron chi connectivity index (χ4n) is 2.55. The summed E-state index contributed by atoms with van der Waals surface area (Å²) in [6, 6.07) is 14.1. The molecular weight excluding hydrogens is 364 g/mol. The van der Waals surface area contributed by atoms with Crippen molar-refractivity contribution in [2.75, 3.05) is 13.2 Å². The van der Waals surface area contributed by atoms with Gasteiger partial charge in [0.15, 0.2) is 6.61 Å². The van der Waals surface area contributed by atoms with E-state index in [9.17, 15) is 9.59 Å². The van der Waals surface area contributed by atoms with Crippen LogP contribution < -0.4 is 10.1 Å². The number of carbonyl (C=O) groups excluding carboxylic acids is 2. The van der Waals surface area contributed by atoms with Crippen LogP contribution in [-0.2, 0) is 16.1 Å². The second-order valence-electron chi connectivity index (χ2n) is 6.32. The van der Waals surface area contributed by atoms with Crippen LogP contribution in [0.1, 0.15) is 25.0 Å². The Hall–Kier alpha value is -2.53. The molecule has 2 aromatic carbocycles. The van der Waals surface area contributed by atoms with Crippen LogP contribution >= 0.6 is 11.6 Å². The van der Waals surface area contributed by atoms with Crippen molar-refractivity contribution in [3.05, 3.63) is 64.7 Å². The van der Waals surface area contributed by atoms with Crippen LogP contribution in [0.4, 0.5) is 0 Å². The molecule has 1 N–H and O–H groups in total. The third kappa shape index (κ3) is 6.29. The maximum absolute atomic E-state index is 12.8. The molecule has 0 spiro atoms. The van der Waals surface area contributed by atoms with Crippen LogP contribution in [0.15, 0.2) is 48.5 Å². The summed E-state index contributed by atoms with van der Waals surface area (Å²) in [6.45, 7) is 6.26. The van der Waals surface area contributed by atoms with Crippen LogP contribution in [0, 0.1) is 6.92 Å². The number of likely N-dealkylation sites (N-methyl/N-ethyl adjacent to an activating group) is 1. The number of amides is 2. The molecular formula is C21H25ClN2O3. The van der Waals surface area contributed by atoms with Crippen molar-refractivity contribution < 1.29 is 14.3 Å². The second-order valence-corrected chi connectivity index (χ2v) is 6.76. The summed E-state index contributed by atoms with van der Waals surface area (Å²) < 4.78 is 5.57. The lowest BCUT2D eigenvalue weighted by molar-refractivity contribution is -0.142. The van der Waals surface area contributed by atoms with Gasteiger partial charge in [-0.1, -0.05) is 41.4 Å². The number of ether oxygens (including phenoxy) is 1. The predicted octanol–water partition coefficient (Wildman–Crippen LogP) is 3.58. The molecule has 0 aliphatic heterocycles. The summed E-state index contributed by atoms with van der Waals surface area (Å²) in [7, 11) is 0. The zero-order chi connectivity index (χ0) is 19.8. The van der Waals surface area contributed by atoms with Gasteiger partial charge in [0.25, 0.3) is 5.91 Å². The Kier molecular flexibility index (Phi) is 7.67. The van der Waals surface area contributed by atoms with E-state index in [4.69, 9.17) is 16.3 Å². The van der Waals surface area contributed by atoms with E-state index in [0.29, 0.717) is 23.9 Å². The molecule has 0 fully saturated rings. The number of carbonyl (C=O) groups is 2. The first kappa shape index (κ1) is 20.8. The summed E-state index contributed by atoms with van der Waals surface area (Å²) in [6.07, 6.45) is 0. The third-order valence-electron chi connectivity index (χ3n) is 4.17. The maximum atomic E-state index is 12.8. The molecule has 2 amide bonds. The van der Waals surface area contributed by atoms with Gasteiger partial charge in [-0.2, -0.15) is 0 Å². The third-order valence-corrected chi connectivity index (χ3v) is 4.42. The van der Waals surface area contributed by atoms with Gasteiger partial charge in [0.1, 0.15) is 11.8 Å². The maximum Gasteiger partial charge on any atom is 0.261 e. The Labute approximate surface area is 165 Å². The van der Waals surface area contributed by atoms with E-state index < -0.39 is 6.04 Å². The van der Waals surface area contributed by atoms with E-state index in [2.05, 4.69) is 5.32 Å². The summed E-state index contributed by atoms with van der Waals surface area (Å²) in [4.78, 5) is 26.6. The fraction of sp³-hybridized carbons (Fsp3) is 0.333. The predicted molar refractivity (Wildman–Crippen MR) is 107 cm³/mol. The Bertz CT molecular complexity index is 760. The molecule has 0 bridgehead atoms. The van der Waals surface area contributed by atoms with Gasteiger partial charge in [0.05, 0.1) is 0 Å². The Morgan fingerprint density at radius 2 is 1.74 bits per heavy atom. The van der Waals surface area contributed by atoms with E-state index >= 15 is 0 Å². The van der Waals surface area contributed by atoms with Gasteiger partial charge >= 0.3 is 0 Å². The van der Waals surface area contributed by atoms with Crippen molar-refractivity contribution in [2.24, 2.45) is 0 Å². The van der Waals surface area contributed by atoms with Crippen molar-refractivity contribution in [1.29, 1.82) is 0 Å². The molecule has 2 aromatic rings. The van der Waals surface area contributed by atoms with Gasteiger partial charge in [-0.25, -0.2) is 0 Å². The van der Waals surface area contributed by atoms with E-state index in [1.165, 1.54) is 4.90 Å². The molecule has 2 rings (SSSR count). The van der Waals surface area contributed by atoms with Crippen molar-refractivity contribution in [1.82, 2.24) is 10.2 Å². The van der Waals surface area contributed by atoms with Crippen molar-refractivity contribution >= 4 is 23.4 Å². The van der Waals surface area contributed by atoms with Crippen molar-refractivity contribution in [2.45, 2.75) is 33.4 Å². The quantitative estimate of drug-likeness (QED) is 0.751. The SMILES string of the molecule is CCNC(=O)[C@H](C)N(Cc1ccc(C)cc1)C(=O)COc1ccc(Cl)cc1. The largest absolute Gasteiger partial charge is 0.484 e. The Balaban J connectivity index is 2.11. The standard InChI is InChI=1S/C21H25ClN2O3/c1-4-23-21(26)16(3)24(13-17-7-5-15(2)6-8-17)20(25)14-27-19-11-9-18(22)10-12-19/h5-12,16H,4,13-14H2,1-3H3,(H,23,26)/t16-/m0/s1. The average molecular weight is 389 g/mol. The fourth-order valence-corrected chi connectivity index (χ4v) is 2.68. The number of nitrogens with one attached hydrogen (secondary N) is 1. The van der Waals surface area contributed by atoms with Gasteiger partial charge in [0, 0.05) is 18.1 Å². The van der Waals surface area contributed by atoms with Crippen LogP contribution in [-0.4, -0.2) is 35.9 Å². The molecule has 0 saturated heterocycles. The Morgan fingerprint density at radius 1 is 1.11 bits per heavy atom. The minimum atomic E-state index is -0.604. The summed E-state index contributed by atoms with van der Waals surface area (Å²) in [5, 5.41) is 3.36. The molecule has 0 radical (unpaired) electrons. The van der Waals surface area contributed by atoms with Crippen molar-refractivity contribution in [3.8, 4) is 5.75 Å². The molecule has 0 heterocycles. The highest BCUT2D eigenvalue weighted by atomic mass is 35.5. The molecule has 0 aliphatic rings. The van der Waals surface area contributed by atoms with Gasteiger partial charge in [-0.15, -0.1) is 0 Å². The summed E-state index contributed by atoms with van der Waals surface area (Å²) in [5.41, 5.74) is 2.09. The number of halogens is 1. The number of hydrogen-bond acceptors (Lipinski definition) is 3. The first-order chi connectivity index (χ1) is 12.9. The zero-order valence-corrected chi connectivity index (χ0v) is 16.6. The van der Waals surface area contributed by atoms with Gasteiger partial charge in [0.2, 0.25) is 5.91 Å². The highest BCUT2D eigenvalue weighted by Crippen LogP contribution is 2.16. The minimum Gasteiger partial charge on any atom is -0.484 e. The Morgan fingerprint density at radius 3 is 2.33 bits per heavy atom. The van der Waals surface area contributed by atoms with E-state index in [1.807, 2.05) is 38.1 Å². The highest BCUT2D eigenvalue weighted by Gasteiger charge is 2.26. The molecule has 0 unspecified atom stereocenters.